The lowest BCUT2D eigenvalue weighted by Gasteiger charge is -2.40. The molecule has 5 rings (SSSR count). The molecule has 0 saturated carbocycles. The second kappa shape index (κ2) is 11.0. The molecule has 4 heteroatoms. The molecule has 1 unspecified atom stereocenters. The van der Waals surface area contributed by atoms with E-state index in [9.17, 15) is 0 Å². The molecule has 0 radical (unpaired) electrons. The zero-order valence-electron chi connectivity index (χ0n) is 22.3. The first-order chi connectivity index (χ1) is 17.9. The van der Waals surface area contributed by atoms with Gasteiger partial charge >= 0.3 is 0 Å². The fraction of sp³-hybridized carbons (Fsp3) is 0.303. The maximum Gasteiger partial charge on any atom is 0.171 e. The maximum atomic E-state index is 5.72. The fourth-order valence-electron chi connectivity index (χ4n) is 5.27. The standard InChI is InChI=1S/C33H37N3S/c1-22(2)26-12-10-24(11-13-26)18-29-20-36(19-25-8-6-5-7-9-25)21-30-31(34-33(37)35-32(29)30)28-16-14-27(15-17-28)23(3)4/h5-18,22-23,31H,19-21H2,1-4H3,(H2,34,35,37)/b29-18+. The SMILES string of the molecule is CC(C)c1ccc(/C=C2\CN(Cc3ccccc3)CC3=C2NC(=S)NC3c2ccc(C(C)C)cc2)cc1. The molecule has 3 nitrogen and oxygen atoms in total. The molecule has 3 aromatic rings. The lowest BCUT2D eigenvalue weighted by Crippen LogP contribution is -2.49. The molecule has 0 saturated heterocycles. The van der Waals surface area contributed by atoms with Gasteiger partial charge in [0.1, 0.15) is 0 Å². The summed E-state index contributed by atoms with van der Waals surface area (Å²) in [4.78, 5) is 2.54. The van der Waals surface area contributed by atoms with Gasteiger partial charge in [-0.05, 0) is 69.1 Å². The molecule has 37 heavy (non-hydrogen) atoms. The minimum absolute atomic E-state index is 0.0512. The minimum atomic E-state index is 0.0512. The third kappa shape index (κ3) is 5.87. The number of nitrogens with zero attached hydrogens (tertiary/aromatic N) is 1. The van der Waals surface area contributed by atoms with E-state index < -0.39 is 0 Å². The molecule has 0 aromatic heterocycles. The molecular weight excluding hydrogens is 470 g/mol. The summed E-state index contributed by atoms with van der Waals surface area (Å²) in [5, 5.41) is 7.80. The zero-order chi connectivity index (χ0) is 25.9. The van der Waals surface area contributed by atoms with Gasteiger partial charge in [0.2, 0.25) is 0 Å². The average Bonchev–Trinajstić information content (AvgIpc) is 2.90. The van der Waals surface area contributed by atoms with Crippen LogP contribution in [0.1, 0.15) is 73.4 Å². The minimum Gasteiger partial charge on any atom is -0.352 e. The van der Waals surface area contributed by atoms with Crippen molar-refractivity contribution < 1.29 is 0 Å². The summed E-state index contributed by atoms with van der Waals surface area (Å²) in [6, 6.07) is 28.8. The predicted octanol–water partition coefficient (Wildman–Crippen LogP) is 7.31. The van der Waals surface area contributed by atoms with E-state index in [0.717, 1.165) is 19.6 Å². The van der Waals surface area contributed by atoms with Crippen molar-refractivity contribution in [3.8, 4) is 0 Å². The first-order valence-corrected chi connectivity index (χ1v) is 13.8. The highest BCUT2D eigenvalue weighted by atomic mass is 32.1. The summed E-state index contributed by atoms with van der Waals surface area (Å²) in [5.74, 6) is 1.04. The highest BCUT2D eigenvalue weighted by Crippen LogP contribution is 2.35. The number of nitrogens with one attached hydrogen (secondary N) is 2. The highest BCUT2D eigenvalue weighted by molar-refractivity contribution is 7.80. The van der Waals surface area contributed by atoms with Crippen LogP contribution in [-0.4, -0.2) is 23.1 Å². The largest absolute Gasteiger partial charge is 0.352 e. The quantitative estimate of drug-likeness (QED) is 0.342. The number of thiocarbonyl (C=S) groups is 1. The molecule has 190 valence electrons. The van der Waals surface area contributed by atoms with Gasteiger partial charge in [-0.15, -0.1) is 0 Å². The lowest BCUT2D eigenvalue weighted by atomic mass is 9.88. The van der Waals surface area contributed by atoms with E-state index in [2.05, 4.69) is 128 Å². The molecule has 2 heterocycles. The summed E-state index contributed by atoms with van der Waals surface area (Å²) >= 11 is 5.72. The van der Waals surface area contributed by atoms with Crippen LogP contribution in [0, 0.1) is 0 Å². The number of hydrogen-bond donors (Lipinski definition) is 2. The van der Waals surface area contributed by atoms with Crippen molar-refractivity contribution in [3.05, 3.63) is 124 Å². The fourth-order valence-corrected chi connectivity index (χ4v) is 5.49. The van der Waals surface area contributed by atoms with Crippen LogP contribution < -0.4 is 10.6 Å². The van der Waals surface area contributed by atoms with E-state index in [1.54, 1.807) is 0 Å². The number of benzene rings is 3. The summed E-state index contributed by atoms with van der Waals surface area (Å²) in [6.45, 7) is 11.6. The Hall–Kier alpha value is -3.21. The van der Waals surface area contributed by atoms with Crippen LogP contribution in [-0.2, 0) is 6.54 Å². The Labute approximate surface area is 227 Å². The van der Waals surface area contributed by atoms with Gasteiger partial charge in [-0.2, -0.15) is 0 Å². The van der Waals surface area contributed by atoms with E-state index in [-0.39, 0.29) is 6.04 Å². The average molecular weight is 508 g/mol. The third-order valence-corrected chi connectivity index (χ3v) is 7.64. The van der Waals surface area contributed by atoms with Gasteiger partial charge in [0.25, 0.3) is 0 Å². The van der Waals surface area contributed by atoms with Gasteiger partial charge in [0.15, 0.2) is 5.11 Å². The maximum absolute atomic E-state index is 5.72. The monoisotopic (exact) mass is 507 g/mol. The van der Waals surface area contributed by atoms with Gasteiger partial charge in [0, 0.05) is 25.3 Å². The summed E-state index contributed by atoms with van der Waals surface area (Å²) in [6.07, 6.45) is 2.33. The van der Waals surface area contributed by atoms with E-state index >= 15 is 0 Å². The molecule has 1 atom stereocenters. The van der Waals surface area contributed by atoms with Crippen LogP contribution in [0.25, 0.3) is 6.08 Å². The van der Waals surface area contributed by atoms with E-state index in [4.69, 9.17) is 12.2 Å². The zero-order valence-corrected chi connectivity index (χ0v) is 23.1. The van der Waals surface area contributed by atoms with E-state index in [1.807, 2.05) is 0 Å². The van der Waals surface area contributed by atoms with Crippen LogP contribution in [0.4, 0.5) is 0 Å². The van der Waals surface area contributed by atoms with Crippen LogP contribution in [0.5, 0.6) is 0 Å². The van der Waals surface area contributed by atoms with Crippen molar-refractivity contribution in [2.45, 2.75) is 52.1 Å². The van der Waals surface area contributed by atoms with Gasteiger partial charge in [0.05, 0.1) is 6.04 Å². The van der Waals surface area contributed by atoms with Crippen molar-refractivity contribution in [2.75, 3.05) is 13.1 Å². The molecule has 2 aliphatic heterocycles. The van der Waals surface area contributed by atoms with Crippen molar-refractivity contribution in [2.24, 2.45) is 0 Å². The second-order valence-corrected chi connectivity index (χ2v) is 11.3. The van der Waals surface area contributed by atoms with Crippen molar-refractivity contribution in [3.63, 3.8) is 0 Å². The topological polar surface area (TPSA) is 27.3 Å². The summed E-state index contributed by atoms with van der Waals surface area (Å²) in [5.41, 5.74) is 10.3. The molecule has 0 aliphatic carbocycles. The Morgan fingerprint density at radius 3 is 2.08 bits per heavy atom. The van der Waals surface area contributed by atoms with Crippen LogP contribution in [0.3, 0.4) is 0 Å². The molecule has 0 bridgehead atoms. The third-order valence-electron chi connectivity index (χ3n) is 7.42. The lowest BCUT2D eigenvalue weighted by molar-refractivity contribution is 0.293. The van der Waals surface area contributed by atoms with Crippen molar-refractivity contribution in [1.29, 1.82) is 0 Å². The number of hydrogen-bond acceptors (Lipinski definition) is 2. The molecule has 0 fully saturated rings. The predicted molar refractivity (Wildman–Crippen MR) is 159 cm³/mol. The normalized spacial score (nSPS) is 19.2. The van der Waals surface area contributed by atoms with Crippen LogP contribution in [0.2, 0.25) is 0 Å². The molecule has 0 amide bonds. The highest BCUT2D eigenvalue weighted by Gasteiger charge is 2.33. The Kier molecular flexibility index (Phi) is 7.59. The van der Waals surface area contributed by atoms with E-state index in [0.29, 0.717) is 16.9 Å². The van der Waals surface area contributed by atoms with Crippen LogP contribution >= 0.6 is 12.2 Å². The van der Waals surface area contributed by atoms with Crippen LogP contribution in [0.15, 0.2) is 95.7 Å². The Morgan fingerprint density at radius 1 is 0.838 bits per heavy atom. The van der Waals surface area contributed by atoms with Crippen molar-refractivity contribution >= 4 is 23.4 Å². The first kappa shape index (κ1) is 25.4. The van der Waals surface area contributed by atoms with Crippen molar-refractivity contribution in [1.82, 2.24) is 15.5 Å². The molecular formula is C33H37N3S. The first-order valence-electron chi connectivity index (χ1n) is 13.3. The molecule has 3 aromatic carbocycles. The summed E-state index contributed by atoms with van der Waals surface area (Å²) in [7, 11) is 0. The smallest absolute Gasteiger partial charge is 0.171 e. The Balaban J connectivity index is 1.54. The Morgan fingerprint density at radius 2 is 1.46 bits per heavy atom. The summed E-state index contributed by atoms with van der Waals surface area (Å²) < 4.78 is 0. The molecule has 2 N–H and O–H groups in total. The molecule has 0 spiro atoms. The Bertz CT molecular complexity index is 1300. The van der Waals surface area contributed by atoms with Gasteiger partial charge in [-0.3, -0.25) is 4.90 Å². The van der Waals surface area contributed by atoms with E-state index in [1.165, 1.54) is 44.7 Å². The van der Waals surface area contributed by atoms with Gasteiger partial charge < -0.3 is 10.6 Å². The van der Waals surface area contributed by atoms with Gasteiger partial charge in [-0.25, -0.2) is 0 Å². The second-order valence-electron chi connectivity index (χ2n) is 10.9. The number of rotatable bonds is 6. The molecule has 2 aliphatic rings. The van der Waals surface area contributed by atoms with Gasteiger partial charge in [-0.1, -0.05) is 107 Å².